The Bertz CT molecular complexity index is 475. The molecule has 0 aliphatic heterocycles. The van der Waals surface area contributed by atoms with Crippen molar-refractivity contribution in [2.75, 3.05) is 26.7 Å². The van der Waals surface area contributed by atoms with Gasteiger partial charge in [-0.25, -0.2) is 4.99 Å². The molecule has 0 saturated carbocycles. The van der Waals surface area contributed by atoms with Gasteiger partial charge in [0.15, 0.2) is 5.96 Å². The SMILES string of the molecule is CCCCCCNC(N)=NCC(=O)N(C)CCc1ccccn1. The van der Waals surface area contributed by atoms with Crippen LogP contribution in [0.15, 0.2) is 29.4 Å². The fraction of sp³-hybridized carbons (Fsp3) is 0.588. The molecule has 0 aliphatic rings. The lowest BCUT2D eigenvalue weighted by Crippen LogP contribution is -2.35. The molecule has 128 valence electrons. The van der Waals surface area contributed by atoms with Crippen molar-refractivity contribution in [1.82, 2.24) is 15.2 Å². The number of guanidine groups is 1. The molecule has 1 heterocycles. The summed E-state index contributed by atoms with van der Waals surface area (Å²) in [5, 5.41) is 3.04. The Morgan fingerprint density at radius 2 is 2.17 bits per heavy atom. The Hall–Kier alpha value is -2.11. The van der Waals surface area contributed by atoms with E-state index in [9.17, 15) is 4.79 Å². The van der Waals surface area contributed by atoms with Gasteiger partial charge in [-0.2, -0.15) is 0 Å². The number of aromatic nitrogens is 1. The van der Waals surface area contributed by atoms with E-state index >= 15 is 0 Å². The predicted octanol–water partition coefficient (Wildman–Crippen LogP) is 1.57. The summed E-state index contributed by atoms with van der Waals surface area (Å²) in [7, 11) is 1.77. The van der Waals surface area contributed by atoms with Crippen LogP contribution in [-0.2, 0) is 11.2 Å². The first-order valence-electron chi connectivity index (χ1n) is 8.31. The summed E-state index contributed by atoms with van der Waals surface area (Å²) in [5.74, 6) is 0.296. The van der Waals surface area contributed by atoms with Crippen molar-refractivity contribution in [1.29, 1.82) is 0 Å². The smallest absolute Gasteiger partial charge is 0.244 e. The fourth-order valence-electron chi connectivity index (χ4n) is 2.05. The molecule has 0 radical (unpaired) electrons. The highest BCUT2D eigenvalue weighted by molar-refractivity contribution is 5.83. The molecule has 0 saturated heterocycles. The average Bonchev–Trinajstić information content (AvgIpc) is 2.58. The molecule has 1 rings (SSSR count). The first-order valence-corrected chi connectivity index (χ1v) is 8.31. The number of hydrogen-bond acceptors (Lipinski definition) is 3. The van der Waals surface area contributed by atoms with Crippen molar-refractivity contribution in [3.63, 3.8) is 0 Å². The van der Waals surface area contributed by atoms with Crippen LogP contribution >= 0.6 is 0 Å². The van der Waals surface area contributed by atoms with Crippen LogP contribution in [0.3, 0.4) is 0 Å². The Morgan fingerprint density at radius 3 is 2.87 bits per heavy atom. The van der Waals surface area contributed by atoms with E-state index < -0.39 is 0 Å². The van der Waals surface area contributed by atoms with E-state index in [1.807, 2.05) is 18.2 Å². The Labute approximate surface area is 139 Å². The quantitative estimate of drug-likeness (QED) is 0.389. The maximum atomic E-state index is 12.0. The average molecular weight is 319 g/mol. The molecule has 0 spiro atoms. The van der Waals surface area contributed by atoms with Crippen molar-refractivity contribution in [3.8, 4) is 0 Å². The molecule has 0 aliphatic carbocycles. The zero-order chi connectivity index (χ0) is 16.9. The highest BCUT2D eigenvalue weighted by Crippen LogP contribution is 1.98. The first-order chi connectivity index (χ1) is 11.1. The number of pyridine rings is 1. The van der Waals surface area contributed by atoms with Gasteiger partial charge in [-0.3, -0.25) is 9.78 Å². The zero-order valence-electron chi connectivity index (χ0n) is 14.3. The molecule has 6 heteroatoms. The normalized spacial score (nSPS) is 11.3. The third-order valence-corrected chi connectivity index (χ3v) is 3.58. The summed E-state index contributed by atoms with van der Waals surface area (Å²) in [6.45, 7) is 3.68. The van der Waals surface area contributed by atoms with E-state index in [2.05, 4.69) is 22.2 Å². The molecule has 1 aromatic heterocycles. The predicted molar refractivity (Wildman–Crippen MR) is 94.2 cm³/mol. The van der Waals surface area contributed by atoms with Gasteiger partial charge in [0.05, 0.1) is 0 Å². The number of hydrogen-bond donors (Lipinski definition) is 2. The van der Waals surface area contributed by atoms with E-state index in [0.717, 1.165) is 25.1 Å². The van der Waals surface area contributed by atoms with Gasteiger partial charge in [-0.1, -0.05) is 32.3 Å². The molecule has 6 nitrogen and oxygen atoms in total. The molecule has 1 amide bonds. The van der Waals surface area contributed by atoms with Crippen LogP contribution in [0.25, 0.3) is 0 Å². The van der Waals surface area contributed by atoms with E-state index in [-0.39, 0.29) is 12.5 Å². The van der Waals surface area contributed by atoms with E-state index in [0.29, 0.717) is 12.5 Å². The molecular weight excluding hydrogens is 290 g/mol. The third-order valence-electron chi connectivity index (χ3n) is 3.58. The minimum atomic E-state index is -0.0448. The summed E-state index contributed by atoms with van der Waals surface area (Å²) >= 11 is 0. The van der Waals surface area contributed by atoms with Crippen LogP contribution in [0.1, 0.15) is 38.3 Å². The van der Waals surface area contributed by atoms with Crippen molar-refractivity contribution >= 4 is 11.9 Å². The highest BCUT2D eigenvalue weighted by Gasteiger charge is 2.08. The molecule has 0 unspecified atom stereocenters. The summed E-state index contributed by atoms with van der Waals surface area (Å²) in [6.07, 6.45) is 7.20. The molecule has 3 N–H and O–H groups in total. The van der Waals surface area contributed by atoms with E-state index in [1.165, 1.54) is 19.3 Å². The van der Waals surface area contributed by atoms with Crippen LogP contribution in [0, 0.1) is 0 Å². The number of unbranched alkanes of at least 4 members (excludes halogenated alkanes) is 3. The van der Waals surface area contributed by atoms with Gasteiger partial charge in [0, 0.05) is 38.4 Å². The highest BCUT2D eigenvalue weighted by atomic mass is 16.2. The number of amides is 1. The summed E-state index contributed by atoms with van der Waals surface area (Å²) < 4.78 is 0. The lowest BCUT2D eigenvalue weighted by Gasteiger charge is -2.16. The molecule has 0 atom stereocenters. The minimum absolute atomic E-state index is 0.0448. The van der Waals surface area contributed by atoms with Gasteiger partial charge < -0.3 is 16.0 Å². The van der Waals surface area contributed by atoms with Crippen LogP contribution in [0.5, 0.6) is 0 Å². The van der Waals surface area contributed by atoms with Gasteiger partial charge in [-0.15, -0.1) is 0 Å². The van der Waals surface area contributed by atoms with Gasteiger partial charge in [-0.05, 0) is 18.6 Å². The number of likely N-dealkylation sites (N-methyl/N-ethyl adjacent to an activating group) is 1. The second kappa shape index (κ2) is 11.5. The maximum absolute atomic E-state index is 12.0. The largest absolute Gasteiger partial charge is 0.370 e. The number of rotatable bonds is 10. The van der Waals surface area contributed by atoms with Crippen LogP contribution in [0.2, 0.25) is 0 Å². The topological polar surface area (TPSA) is 83.6 Å². The van der Waals surface area contributed by atoms with Crippen LogP contribution < -0.4 is 11.1 Å². The lowest BCUT2D eigenvalue weighted by molar-refractivity contribution is -0.128. The second-order valence-corrected chi connectivity index (χ2v) is 5.58. The second-order valence-electron chi connectivity index (χ2n) is 5.58. The number of nitrogens with one attached hydrogen (secondary N) is 1. The summed E-state index contributed by atoms with van der Waals surface area (Å²) in [4.78, 5) is 22.0. The van der Waals surface area contributed by atoms with Crippen molar-refractivity contribution in [2.24, 2.45) is 10.7 Å². The molecular formula is C17H29N5O. The number of nitrogens with two attached hydrogens (primary N) is 1. The molecule has 0 aromatic carbocycles. The van der Waals surface area contributed by atoms with E-state index in [4.69, 9.17) is 5.73 Å². The number of carbonyl (C=O) groups excluding carboxylic acids is 1. The first kappa shape index (κ1) is 18.9. The Morgan fingerprint density at radius 1 is 1.35 bits per heavy atom. The standard InChI is InChI=1S/C17H29N5O/c1-3-4-5-7-12-20-17(18)21-14-16(23)22(2)13-10-15-9-6-8-11-19-15/h6,8-9,11H,3-5,7,10,12-14H2,1-2H3,(H3,18,20,21). The Balaban J connectivity index is 2.21. The van der Waals surface area contributed by atoms with Gasteiger partial charge >= 0.3 is 0 Å². The van der Waals surface area contributed by atoms with Gasteiger partial charge in [0.2, 0.25) is 5.91 Å². The summed E-state index contributed by atoms with van der Waals surface area (Å²) in [6, 6.07) is 5.78. The van der Waals surface area contributed by atoms with E-state index in [1.54, 1.807) is 18.1 Å². The monoisotopic (exact) mass is 319 g/mol. The van der Waals surface area contributed by atoms with Crippen molar-refractivity contribution in [2.45, 2.75) is 39.0 Å². The number of carbonyl (C=O) groups is 1. The van der Waals surface area contributed by atoms with Crippen LogP contribution in [0.4, 0.5) is 0 Å². The number of aliphatic imine (C=N–C) groups is 1. The minimum Gasteiger partial charge on any atom is -0.370 e. The van der Waals surface area contributed by atoms with Gasteiger partial charge in [0.25, 0.3) is 0 Å². The van der Waals surface area contributed by atoms with Gasteiger partial charge in [0.1, 0.15) is 6.54 Å². The van der Waals surface area contributed by atoms with Crippen molar-refractivity contribution < 1.29 is 4.79 Å². The third kappa shape index (κ3) is 8.80. The zero-order valence-corrected chi connectivity index (χ0v) is 14.3. The molecule has 0 fully saturated rings. The molecule has 1 aromatic rings. The fourth-order valence-corrected chi connectivity index (χ4v) is 2.05. The van der Waals surface area contributed by atoms with Crippen molar-refractivity contribution in [3.05, 3.63) is 30.1 Å². The molecule has 0 bridgehead atoms. The lowest BCUT2D eigenvalue weighted by atomic mass is 10.2. The number of nitrogens with zero attached hydrogens (tertiary/aromatic N) is 3. The maximum Gasteiger partial charge on any atom is 0.244 e. The van der Waals surface area contributed by atoms with Crippen LogP contribution in [-0.4, -0.2) is 48.4 Å². The Kier molecular flexibility index (Phi) is 9.43. The molecule has 23 heavy (non-hydrogen) atoms. The summed E-state index contributed by atoms with van der Waals surface area (Å²) in [5.41, 5.74) is 6.74.